The predicted octanol–water partition coefficient (Wildman–Crippen LogP) is 1.09. The van der Waals surface area contributed by atoms with E-state index in [4.69, 9.17) is 0 Å². The van der Waals surface area contributed by atoms with Gasteiger partial charge in [-0.3, -0.25) is 9.89 Å². The fourth-order valence-corrected chi connectivity index (χ4v) is 2.32. The highest BCUT2D eigenvalue weighted by atomic mass is 16.1. The van der Waals surface area contributed by atoms with Crippen LogP contribution in [0.5, 0.6) is 0 Å². The molecule has 2 aromatic heterocycles. The van der Waals surface area contributed by atoms with Crippen LogP contribution in [-0.2, 0) is 13.0 Å². The average Bonchev–Trinajstić information content (AvgIpc) is 2.65. The number of H-pyrrole nitrogens is 2. The molecule has 6 nitrogen and oxygen atoms in total. The summed E-state index contributed by atoms with van der Waals surface area (Å²) in [6.45, 7) is 7.41. The Kier molecular flexibility index (Phi) is 4.34. The lowest BCUT2D eigenvalue weighted by molar-refractivity contribution is 0.326. The molecule has 0 fully saturated rings. The molecule has 2 heterocycles. The molecule has 6 heteroatoms. The summed E-state index contributed by atoms with van der Waals surface area (Å²) >= 11 is 0. The van der Waals surface area contributed by atoms with Gasteiger partial charge < -0.3 is 9.88 Å². The van der Waals surface area contributed by atoms with E-state index in [1.54, 1.807) is 13.0 Å². The van der Waals surface area contributed by atoms with E-state index in [1.807, 2.05) is 20.9 Å². The zero-order valence-corrected chi connectivity index (χ0v) is 12.4. The van der Waals surface area contributed by atoms with Crippen LogP contribution in [0.1, 0.15) is 28.5 Å². The van der Waals surface area contributed by atoms with Gasteiger partial charge in [0, 0.05) is 24.8 Å². The van der Waals surface area contributed by atoms with Crippen molar-refractivity contribution in [3.05, 3.63) is 44.9 Å². The minimum atomic E-state index is -0.0950. The number of aromatic amines is 2. The second-order valence-corrected chi connectivity index (χ2v) is 5.22. The molecule has 0 spiro atoms. The van der Waals surface area contributed by atoms with E-state index in [-0.39, 0.29) is 5.56 Å². The van der Waals surface area contributed by atoms with Crippen molar-refractivity contribution in [3.63, 3.8) is 0 Å². The molecule has 0 saturated carbocycles. The van der Waals surface area contributed by atoms with Crippen molar-refractivity contribution in [2.24, 2.45) is 0 Å². The molecule has 0 radical (unpaired) electrons. The van der Waals surface area contributed by atoms with Crippen LogP contribution in [0, 0.1) is 20.8 Å². The summed E-state index contributed by atoms with van der Waals surface area (Å²) in [6, 6.07) is 1.55. The van der Waals surface area contributed by atoms with E-state index in [2.05, 4.69) is 25.1 Å². The lowest BCUT2D eigenvalue weighted by Gasteiger charge is -2.16. The first-order chi connectivity index (χ1) is 9.45. The zero-order valence-electron chi connectivity index (χ0n) is 12.4. The van der Waals surface area contributed by atoms with Crippen LogP contribution in [0.2, 0.25) is 0 Å². The van der Waals surface area contributed by atoms with Crippen molar-refractivity contribution in [1.29, 1.82) is 0 Å². The summed E-state index contributed by atoms with van der Waals surface area (Å²) in [5, 5.41) is 7.20. The van der Waals surface area contributed by atoms with Crippen LogP contribution in [0.3, 0.4) is 0 Å². The molecule has 0 aliphatic carbocycles. The number of likely N-dealkylation sites (N-methyl/N-ethyl adjacent to an activating group) is 1. The molecule has 0 atom stereocenters. The third kappa shape index (κ3) is 3.54. The SMILES string of the molecule is Cc1nc(CN(C)CCc2c(C)n[nH]c2C)cc(=O)[nH]1. The maximum atomic E-state index is 11.4. The molecule has 2 aromatic rings. The van der Waals surface area contributed by atoms with Gasteiger partial charge in [-0.1, -0.05) is 0 Å². The Morgan fingerprint density at radius 1 is 1.30 bits per heavy atom. The molecule has 2 N–H and O–H groups in total. The van der Waals surface area contributed by atoms with Crippen molar-refractivity contribution in [1.82, 2.24) is 25.1 Å². The van der Waals surface area contributed by atoms with E-state index in [0.29, 0.717) is 12.4 Å². The topological polar surface area (TPSA) is 77.7 Å². The van der Waals surface area contributed by atoms with Crippen LogP contribution in [0.4, 0.5) is 0 Å². The van der Waals surface area contributed by atoms with Crippen molar-refractivity contribution >= 4 is 0 Å². The van der Waals surface area contributed by atoms with Crippen LogP contribution in [0.15, 0.2) is 10.9 Å². The predicted molar refractivity (Wildman–Crippen MR) is 77.7 cm³/mol. The summed E-state index contributed by atoms with van der Waals surface area (Å²) < 4.78 is 0. The van der Waals surface area contributed by atoms with Gasteiger partial charge in [0.1, 0.15) is 5.82 Å². The lowest BCUT2D eigenvalue weighted by Crippen LogP contribution is -2.23. The Morgan fingerprint density at radius 3 is 2.65 bits per heavy atom. The van der Waals surface area contributed by atoms with Crippen molar-refractivity contribution in [3.8, 4) is 0 Å². The quantitative estimate of drug-likeness (QED) is 0.856. The summed E-state index contributed by atoms with van der Waals surface area (Å²) in [7, 11) is 2.03. The number of hydrogen-bond donors (Lipinski definition) is 2. The van der Waals surface area contributed by atoms with Gasteiger partial charge in [-0.05, 0) is 39.8 Å². The highest BCUT2D eigenvalue weighted by molar-refractivity contribution is 5.23. The summed E-state index contributed by atoms with van der Waals surface area (Å²) in [5.74, 6) is 0.655. The second kappa shape index (κ2) is 6.00. The molecule has 0 aromatic carbocycles. The molecular weight excluding hydrogens is 254 g/mol. The number of rotatable bonds is 5. The molecule has 20 heavy (non-hydrogen) atoms. The number of aryl methyl sites for hydroxylation is 3. The van der Waals surface area contributed by atoms with Crippen LogP contribution < -0.4 is 5.56 Å². The van der Waals surface area contributed by atoms with Gasteiger partial charge in [-0.25, -0.2) is 4.98 Å². The van der Waals surface area contributed by atoms with Gasteiger partial charge in [-0.2, -0.15) is 5.10 Å². The normalized spacial score (nSPS) is 11.2. The van der Waals surface area contributed by atoms with E-state index >= 15 is 0 Å². The molecule has 0 amide bonds. The fraction of sp³-hybridized carbons (Fsp3) is 0.500. The maximum absolute atomic E-state index is 11.4. The Labute approximate surface area is 118 Å². The minimum absolute atomic E-state index is 0.0950. The largest absolute Gasteiger partial charge is 0.311 e. The van der Waals surface area contributed by atoms with E-state index in [9.17, 15) is 4.79 Å². The van der Waals surface area contributed by atoms with E-state index in [0.717, 1.165) is 30.0 Å². The van der Waals surface area contributed by atoms with Crippen LogP contribution >= 0.6 is 0 Å². The van der Waals surface area contributed by atoms with Gasteiger partial charge >= 0.3 is 0 Å². The van der Waals surface area contributed by atoms with Crippen molar-refractivity contribution < 1.29 is 0 Å². The van der Waals surface area contributed by atoms with Gasteiger partial charge in [-0.15, -0.1) is 0 Å². The summed E-state index contributed by atoms with van der Waals surface area (Å²) in [4.78, 5) is 20.6. The molecule has 2 rings (SSSR count). The molecular formula is C14H21N5O. The minimum Gasteiger partial charge on any atom is -0.311 e. The Bertz CT molecular complexity index is 624. The molecule has 0 saturated heterocycles. The molecule has 0 bridgehead atoms. The van der Waals surface area contributed by atoms with Gasteiger partial charge in [0.05, 0.1) is 11.4 Å². The number of nitrogens with one attached hydrogen (secondary N) is 2. The van der Waals surface area contributed by atoms with E-state index < -0.39 is 0 Å². The second-order valence-electron chi connectivity index (χ2n) is 5.22. The van der Waals surface area contributed by atoms with Gasteiger partial charge in [0.15, 0.2) is 0 Å². The standard InChI is InChI=1S/C14H21N5O/c1-9-13(10(2)18-17-9)5-6-19(4)8-12-7-14(20)16-11(3)15-12/h7H,5-6,8H2,1-4H3,(H,17,18)(H,15,16,20). The molecule has 108 valence electrons. The van der Waals surface area contributed by atoms with Crippen LogP contribution in [0.25, 0.3) is 0 Å². The smallest absolute Gasteiger partial charge is 0.251 e. The third-order valence-corrected chi connectivity index (χ3v) is 3.37. The molecule has 0 unspecified atom stereocenters. The third-order valence-electron chi connectivity index (χ3n) is 3.37. The van der Waals surface area contributed by atoms with E-state index in [1.165, 1.54) is 5.56 Å². The highest BCUT2D eigenvalue weighted by Crippen LogP contribution is 2.10. The first-order valence-corrected chi connectivity index (χ1v) is 6.71. The maximum Gasteiger partial charge on any atom is 0.251 e. The van der Waals surface area contributed by atoms with Crippen LogP contribution in [-0.4, -0.2) is 38.7 Å². The Hall–Kier alpha value is -1.95. The molecule has 0 aliphatic rings. The molecule has 0 aliphatic heterocycles. The average molecular weight is 275 g/mol. The number of hydrogen-bond acceptors (Lipinski definition) is 4. The highest BCUT2D eigenvalue weighted by Gasteiger charge is 2.09. The van der Waals surface area contributed by atoms with Gasteiger partial charge in [0.25, 0.3) is 5.56 Å². The first-order valence-electron chi connectivity index (χ1n) is 6.71. The summed E-state index contributed by atoms with van der Waals surface area (Å²) in [5.41, 5.74) is 4.16. The Balaban J connectivity index is 1.96. The lowest BCUT2D eigenvalue weighted by atomic mass is 10.1. The number of aromatic nitrogens is 4. The van der Waals surface area contributed by atoms with Crippen molar-refractivity contribution in [2.75, 3.05) is 13.6 Å². The zero-order chi connectivity index (χ0) is 14.7. The fourth-order valence-electron chi connectivity index (χ4n) is 2.32. The Morgan fingerprint density at radius 2 is 2.05 bits per heavy atom. The van der Waals surface area contributed by atoms with Crippen molar-refractivity contribution in [2.45, 2.75) is 33.7 Å². The first kappa shape index (κ1) is 14.5. The van der Waals surface area contributed by atoms with Gasteiger partial charge in [0.2, 0.25) is 0 Å². The summed E-state index contributed by atoms with van der Waals surface area (Å²) in [6.07, 6.45) is 0.937. The monoisotopic (exact) mass is 275 g/mol. The number of nitrogens with zero attached hydrogens (tertiary/aromatic N) is 3.